The number of nitrogens with zero attached hydrogens (tertiary/aromatic N) is 3. The number of aromatic nitrogens is 3. The van der Waals surface area contributed by atoms with Crippen LogP contribution in [-0.2, 0) is 11.3 Å². The minimum atomic E-state index is -1.18. The first-order chi connectivity index (χ1) is 9.65. The molecule has 0 aromatic carbocycles. The van der Waals surface area contributed by atoms with Gasteiger partial charge >= 0.3 is 12.1 Å². The van der Waals surface area contributed by atoms with Gasteiger partial charge in [-0.2, -0.15) is 0 Å². The molecule has 1 aromatic rings. The molecule has 0 aliphatic rings. The second-order valence-corrected chi connectivity index (χ2v) is 5.75. The summed E-state index contributed by atoms with van der Waals surface area (Å²) >= 11 is 0. The van der Waals surface area contributed by atoms with Crippen molar-refractivity contribution < 1.29 is 19.4 Å². The van der Waals surface area contributed by atoms with Crippen LogP contribution in [0.3, 0.4) is 0 Å². The Hall–Kier alpha value is -2.12. The fraction of sp³-hybridized carbons (Fsp3) is 0.692. The third-order valence-electron chi connectivity index (χ3n) is 2.80. The smallest absolute Gasteiger partial charge is 0.407 e. The average Bonchev–Trinajstić information content (AvgIpc) is 2.77. The largest absolute Gasteiger partial charge is 0.476 e. The lowest BCUT2D eigenvalue weighted by Gasteiger charge is -2.20. The highest BCUT2D eigenvalue weighted by molar-refractivity contribution is 5.86. The van der Waals surface area contributed by atoms with Gasteiger partial charge in [0.1, 0.15) is 5.60 Å². The van der Waals surface area contributed by atoms with E-state index in [1.807, 2.05) is 13.8 Å². The second-order valence-electron chi connectivity index (χ2n) is 5.75. The maximum absolute atomic E-state index is 11.7. The summed E-state index contributed by atoms with van der Waals surface area (Å²) < 4.78 is 6.63. The SMILES string of the molecule is CCC(C)n1nnc(C(=O)O)c1CNC(=O)OC(C)(C)C. The molecule has 0 bridgehead atoms. The first-order valence-corrected chi connectivity index (χ1v) is 6.80. The van der Waals surface area contributed by atoms with Crippen LogP contribution in [0.15, 0.2) is 0 Å². The molecule has 0 fully saturated rings. The number of nitrogens with one attached hydrogen (secondary N) is 1. The van der Waals surface area contributed by atoms with E-state index >= 15 is 0 Å². The first-order valence-electron chi connectivity index (χ1n) is 6.80. The zero-order chi connectivity index (χ0) is 16.2. The Morgan fingerprint density at radius 3 is 2.52 bits per heavy atom. The number of carbonyl (C=O) groups is 2. The van der Waals surface area contributed by atoms with Gasteiger partial charge in [-0.3, -0.25) is 0 Å². The van der Waals surface area contributed by atoms with E-state index in [9.17, 15) is 9.59 Å². The van der Waals surface area contributed by atoms with Crippen molar-refractivity contribution in [3.63, 3.8) is 0 Å². The van der Waals surface area contributed by atoms with Crippen molar-refractivity contribution >= 4 is 12.1 Å². The molecular formula is C13H22N4O4. The summed E-state index contributed by atoms with van der Waals surface area (Å²) in [5.74, 6) is -1.18. The van der Waals surface area contributed by atoms with Crippen molar-refractivity contribution in [2.45, 2.75) is 59.2 Å². The Labute approximate surface area is 123 Å². The van der Waals surface area contributed by atoms with E-state index < -0.39 is 17.7 Å². The van der Waals surface area contributed by atoms with Gasteiger partial charge in [0.05, 0.1) is 18.3 Å². The van der Waals surface area contributed by atoms with Gasteiger partial charge in [-0.25, -0.2) is 14.3 Å². The fourth-order valence-corrected chi connectivity index (χ4v) is 1.64. The summed E-state index contributed by atoms with van der Waals surface area (Å²) in [4.78, 5) is 22.8. The van der Waals surface area contributed by atoms with E-state index in [1.165, 1.54) is 4.68 Å². The quantitative estimate of drug-likeness (QED) is 0.860. The summed E-state index contributed by atoms with van der Waals surface area (Å²) in [5.41, 5.74) is -0.427. The fourth-order valence-electron chi connectivity index (χ4n) is 1.64. The Balaban J connectivity index is 2.88. The summed E-state index contributed by atoms with van der Waals surface area (Å²) in [7, 11) is 0. The van der Waals surface area contributed by atoms with Gasteiger partial charge in [0.25, 0.3) is 0 Å². The molecule has 0 spiro atoms. The molecule has 0 saturated heterocycles. The van der Waals surface area contributed by atoms with E-state index in [4.69, 9.17) is 9.84 Å². The average molecular weight is 298 g/mol. The van der Waals surface area contributed by atoms with Crippen LogP contribution >= 0.6 is 0 Å². The van der Waals surface area contributed by atoms with E-state index in [0.29, 0.717) is 5.69 Å². The predicted molar refractivity (Wildman–Crippen MR) is 75.1 cm³/mol. The molecular weight excluding hydrogens is 276 g/mol. The minimum absolute atomic E-state index is 0.00606. The van der Waals surface area contributed by atoms with Gasteiger partial charge in [-0.05, 0) is 34.1 Å². The van der Waals surface area contributed by atoms with Crippen molar-refractivity contribution in [3.8, 4) is 0 Å². The highest BCUT2D eigenvalue weighted by Crippen LogP contribution is 2.15. The van der Waals surface area contributed by atoms with Crippen LogP contribution in [0.1, 0.15) is 63.3 Å². The van der Waals surface area contributed by atoms with E-state index in [0.717, 1.165) is 6.42 Å². The highest BCUT2D eigenvalue weighted by Gasteiger charge is 2.23. The number of alkyl carbamates (subject to hydrolysis) is 1. The zero-order valence-corrected chi connectivity index (χ0v) is 13.0. The Bertz CT molecular complexity index is 519. The lowest BCUT2D eigenvalue weighted by Crippen LogP contribution is -2.33. The van der Waals surface area contributed by atoms with Crippen LogP contribution in [0.5, 0.6) is 0 Å². The number of aromatic carboxylic acids is 1. The molecule has 1 unspecified atom stereocenters. The summed E-state index contributed by atoms with van der Waals surface area (Å²) in [5, 5.41) is 19.2. The molecule has 8 heteroatoms. The number of amides is 1. The van der Waals surface area contributed by atoms with Crippen LogP contribution in [0.25, 0.3) is 0 Å². The van der Waals surface area contributed by atoms with E-state index in [-0.39, 0.29) is 18.3 Å². The van der Waals surface area contributed by atoms with Gasteiger partial charge in [-0.1, -0.05) is 12.1 Å². The van der Waals surface area contributed by atoms with Gasteiger partial charge < -0.3 is 15.2 Å². The molecule has 2 N–H and O–H groups in total. The van der Waals surface area contributed by atoms with Gasteiger partial charge in [0, 0.05) is 0 Å². The van der Waals surface area contributed by atoms with Crippen molar-refractivity contribution in [2.24, 2.45) is 0 Å². The van der Waals surface area contributed by atoms with E-state index in [1.54, 1.807) is 20.8 Å². The normalized spacial score (nSPS) is 12.8. The molecule has 0 aliphatic carbocycles. The van der Waals surface area contributed by atoms with Crippen molar-refractivity contribution in [1.29, 1.82) is 0 Å². The topological polar surface area (TPSA) is 106 Å². The van der Waals surface area contributed by atoms with Crippen LogP contribution in [-0.4, -0.2) is 37.8 Å². The monoisotopic (exact) mass is 298 g/mol. The number of hydrogen-bond donors (Lipinski definition) is 2. The molecule has 0 saturated carbocycles. The summed E-state index contributed by atoms with van der Waals surface area (Å²) in [6.45, 7) is 9.10. The number of hydrogen-bond acceptors (Lipinski definition) is 5. The number of carbonyl (C=O) groups excluding carboxylic acids is 1. The molecule has 118 valence electrons. The standard InChI is InChI=1S/C13H22N4O4/c1-6-8(2)17-9(10(11(18)19)15-16-17)7-14-12(20)21-13(3,4)5/h8H,6-7H2,1-5H3,(H,14,20)(H,18,19). The van der Waals surface area contributed by atoms with Crippen molar-refractivity contribution in [2.75, 3.05) is 0 Å². The first kappa shape index (κ1) is 16.9. The minimum Gasteiger partial charge on any atom is -0.476 e. The van der Waals surface area contributed by atoms with Gasteiger partial charge in [0.15, 0.2) is 5.69 Å². The number of ether oxygens (including phenoxy) is 1. The van der Waals surface area contributed by atoms with Crippen LogP contribution in [0, 0.1) is 0 Å². The maximum atomic E-state index is 11.7. The zero-order valence-electron chi connectivity index (χ0n) is 13.0. The molecule has 0 radical (unpaired) electrons. The predicted octanol–water partition coefficient (Wildman–Crippen LogP) is 1.97. The van der Waals surface area contributed by atoms with Crippen molar-refractivity contribution in [3.05, 3.63) is 11.4 Å². The van der Waals surface area contributed by atoms with Crippen LogP contribution in [0.4, 0.5) is 4.79 Å². The third kappa shape index (κ3) is 4.73. The molecule has 1 amide bonds. The molecule has 1 atom stereocenters. The molecule has 1 aromatic heterocycles. The Kier molecular flexibility index (Phi) is 5.28. The number of carboxylic acids is 1. The lowest BCUT2D eigenvalue weighted by molar-refractivity contribution is 0.0519. The number of rotatable bonds is 5. The van der Waals surface area contributed by atoms with E-state index in [2.05, 4.69) is 15.6 Å². The van der Waals surface area contributed by atoms with Crippen LogP contribution < -0.4 is 5.32 Å². The molecule has 21 heavy (non-hydrogen) atoms. The van der Waals surface area contributed by atoms with Gasteiger partial charge in [0.2, 0.25) is 0 Å². The molecule has 1 rings (SSSR count). The lowest BCUT2D eigenvalue weighted by atomic mass is 10.2. The molecule has 1 heterocycles. The summed E-state index contributed by atoms with van der Waals surface area (Å²) in [6.07, 6.45) is 0.151. The number of carboxylic acid groups (broad SMARTS) is 1. The Morgan fingerprint density at radius 2 is 2.05 bits per heavy atom. The molecule has 8 nitrogen and oxygen atoms in total. The van der Waals surface area contributed by atoms with Crippen molar-refractivity contribution in [1.82, 2.24) is 20.3 Å². The van der Waals surface area contributed by atoms with Crippen LogP contribution in [0.2, 0.25) is 0 Å². The highest BCUT2D eigenvalue weighted by atomic mass is 16.6. The summed E-state index contributed by atoms with van der Waals surface area (Å²) in [6, 6.07) is -0.0129. The maximum Gasteiger partial charge on any atom is 0.407 e. The molecule has 0 aliphatic heterocycles. The second kappa shape index (κ2) is 6.55. The third-order valence-corrected chi connectivity index (χ3v) is 2.80. The van der Waals surface area contributed by atoms with Gasteiger partial charge in [-0.15, -0.1) is 5.10 Å². The Morgan fingerprint density at radius 1 is 1.43 bits per heavy atom.